The standard InChI is InChI=1S/C18H24BrFO4/c1-3-4-5-6-9-18(2,15(16(21)22)17(23)24)11-12-7-8-13(19)10-14(12)20/h7-8,10,15H,3-6,9,11H2,1-2H3,(H,21,22)(H,23,24). The molecule has 1 unspecified atom stereocenters. The number of hydrogen-bond acceptors (Lipinski definition) is 2. The Kier molecular flexibility index (Phi) is 7.87. The minimum Gasteiger partial charge on any atom is -0.481 e. The number of carboxylic acids is 2. The monoisotopic (exact) mass is 402 g/mol. The summed E-state index contributed by atoms with van der Waals surface area (Å²) >= 11 is 3.18. The summed E-state index contributed by atoms with van der Waals surface area (Å²) in [7, 11) is 0. The molecule has 0 bridgehead atoms. The Morgan fingerprint density at radius 3 is 2.33 bits per heavy atom. The van der Waals surface area contributed by atoms with Gasteiger partial charge in [0.2, 0.25) is 0 Å². The van der Waals surface area contributed by atoms with Gasteiger partial charge in [-0.05, 0) is 36.0 Å². The van der Waals surface area contributed by atoms with E-state index in [0.717, 1.165) is 25.7 Å². The predicted octanol–water partition coefficient (Wildman–Crippen LogP) is 4.89. The number of carboxylic acid groups (broad SMARTS) is 2. The molecule has 2 N–H and O–H groups in total. The zero-order valence-corrected chi connectivity index (χ0v) is 15.6. The zero-order valence-electron chi connectivity index (χ0n) is 14.0. The second-order valence-corrected chi connectivity index (χ2v) is 7.40. The third-order valence-electron chi connectivity index (χ3n) is 4.40. The normalized spacial score (nSPS) is 13.7. The Morgan fingerprint density at radius 1 is 1.21 bits per heavy atom. The van der Waals surface area contributed by atoms with Gasteiger partial charge in [0.15, 0.2) is 5.92 Å². The molecule has 4 nitrogen and oxygen atoms in total. The van der Waals surface area contributed by atoms with Crippen molar-refractivity contribution in [2.75, 3.05) is 0 Å². The second kappa shape index (κ2) is 9.16. The van der Waals surface area contributed by atoms with Crippen LogP contribution in [0.3, 0.4) is 0 Å². The highest BCUT2D eigenvalue weighted by Gasteiger charge is 2.44. The fourth-order valence-corrected chi connectivity index (χ4v) is 3.43. The van der Waals surface area contributed by atoms with Gasteiger partial charge in [-0.25, -0.2) is 4.39 Å². The topological polar surface area (TPSA) is 74.6 Å². The fraction of sp³-hybridized carbons (Fsp3) is 0.556. The molecule has 0 amide bonds. The number of hydrogen-bond donors (Lipinski definition) is 2. The molecule has 0 spiro atoms. The van der Waals surface area contributed by atoms with Crippen molar-refractivity contribution in [3.05, 3.63) is 34.1 Å². The molecule has 1 rings (SSSR count). The molecule has 0 aliphatic rings. The molecule has 1 atom stereocenters. The van der Waals surface area contributed by atoms with Crippen LogP contribution in [0.25, 0.3) is 0 Å². The van der Waals surface area contributed by atoms with Gasteiger partial charge in [-0.2, -0.15) is 0 Å². The molecular weight excluding hydrogens is 379 g/mol. The van der Waals surface area contributed by atoms with Gasteiger partial charge in [-0.1, -0.05) is 61.5 Å². The van der Waals surface area contributed by atoms with Crippen LogP contribution < -0.4 is 0 Å². The molecular formula is C18H24BrFO4. The molecule has 134 valence electrons. The van der Waals surface area contributed by atoms with E-state index in [1.165, 1.54) is 6.07 Å². The lowest BCUT2D eigenvalue weighted by atomic mass is 9.69. The summed E-state index contributed by atoms with van der Waals surface area (Å²) in [6.07, 6.45) is 4.15. The maximum Gasteiger partial charge on any atom is 0.318 e. The molecule has 0 fully saturated rings. The maximum absolute atomic E-state index is 14.2. The Bertz CT molecular complexity index is 576. The van der Waals surface area contributed by atoms with E-state index in [-0.39, 0.29) is 6.42 Å². The van der Waals surface area contributed by atoms with Crippen molar-refractivity contribution in [3.8, 4) is 0 Å². The third-order valence-corrected chi connectivity index (χ3v) is 4.89. The van der Waals surface area contributed by atoms with E-state index in [9.17, 15) is 24.2 Å². The van der Waals surface area contributed by atoms with Crippen LogP contribution in [0.5, 0.6) is 0 Å². The SMILES string of the molecule is CCCCCCC(C)(Cc1ccc(Br)cc1F)C(C(=O)O)C(=O)O. The summed E-state index contributed by atoms with van der Waals surface area (Å²) in [5.41, 5.74) is -0.719. The van der Waals surface area contributed by atoms with Gasteiger partial charge < -0.3 is 10.2 Å². The molecule has 0 radical (unpaired) electrons. The lowest BCUT2D eigenvalue weighted by molar-refractivity contribution is -0.161. The minimum absolute atomic E-state index is 0.0709. The van der Waals surface area contributed by atoms with Crippen molar-refractivity contribution in [3.63, 3.8) is 0 Å². The van der Waals surface area contributed by atoms with Gasteiger partial charge in [-0.3, -0.25) is 9.59 Å². The van der Waals surface area contributed by atoms with Gasteiger partial charge in [0.1, 0.15) is 5.82 Å². The van der Waals surface area contributed by atoms with Crippen LogP contribution >= 0.6 is 15.9 Å². The number of aliphatic carboxylic acids is 2. The molecule has 0 aromatic heterocycles. The number of rotatable bonds is 10. The van der Waals surface area contributed by atoms with Crippen molar-refractivity contribution in [2.45, 2.75) is 52.4 Å². The number of carbonyl (C=O) groups is 2. The van der Waals surface area contributed by atoms with Gasteiger partial charge in [0.25, 0.3) is 0 Å². The summed E-state index contributed by atoms with van der Waals surface area (Å²) in [6.45, 7) is 3.70. The van der Waals surface area contributed by atoms with Crippen molar-refractivity contribution in [2.24, 2.45) is 11.3 Å². The molecule has 1 aromatic carbocycles. The van der Waals surface area contributed by atoms with Crippen molar-refractivity contribution >= 4 is 27.9 Å². The van der Waals surface area contributed by atoms with E-state index < -0.39 is 29.1 Å². The summed E-state index contributed by atoms with van der Waals surface area (Å²) in [4.78, 5) is 23.0. The fourth-order valence-electron chi connectivity index (χ4n) is 3.09. The highest BCUT2D eigenvalue weighted by atomic mass is 79.9. The molecule has 0 saturated heterocycles. The number of unbranched alkanes of at least 4 members (excludes halogenated alkanes) is 3. The van der Waals surface area contributed by atoms with Crippen LogP contribution in [-0.4, -0.2) is 22.2 Å². The van der Waals surface area contributed by atoms with Gasteiger partial charge >= 0.3 is 11.9 Å². The number of benzene rings is 1. The van der Waals surface area contributed by atoms with Crippen LogP contribution in [0.1, 0.15) is 51.5 Å². The first-order valence-corrected chi connectivity index (χ1v) is 8.90. The van der Waals surface area contributed by atoms with Crippen molar-refractivity contribution in [1.29, 1.82) is 0 Å². The van der Waals surface area contributed by atoms with Crippen LogP contribution in [0, 0.1) is 17.2 Å². The lowest BCUT2D eigenvalue weighted by Crippen LogP contribution is -2.41. The molecule has 24 heavy (non-hydrogen) atoms. The smallest absolute Gasteiger partial charge is 0.318 e. The van der Waals surface area contributed by atoms with E-state index in [2.05, 4.69) is 22.9 Å². The molecule has 0 aliphatic carbocycles. The summed E-state index contributed by atoms with van der Waals surface area (Å²) in [6, 6.07) is 4.56. The Hall–Kier alpha value is -1.43. The number of halogens is 2. The van der Waals surface area contributed by atoms with E-state index in [1.54, 1.807) is 19.1 Å². The zero-order chi connectivity index (χ0) is 18.3. The highest BCUT2D eigenvalue weighted by Crippen LogP contribution is 2.38. The molecule has 0 saturated carbocycles. The van der Waals surface area contributed by atoms with E-state index in [0.29, 0.717) is 16.5 Å². The third kappa shape index (κ3) is 5.58. The van der Waals surface area contributed by atoms with Crippen LogP contribution in [0.4, 0.5) is 4.39 Å². The summed E-state index contributed by atoms with van der Waals surface area (Å²) in [5, 5.41) is 18.8. The van der Waals surface area contributed by atoms with Gasteiger partial charge in [0, 0.05) is 4.47 Å². The molecule has 0 heterocycles. The largest absolute Gasteiger partial charge is 0.481 e. The van der Waals surface area contributed by atoms with E-state index in [4.69, 9.17) is 0 Å². The Labute approximate surface area is 150 Å². The maximum atomic E-state index is 14.2. The van der Waals surface area contributed by atoms with Crippen molar-refractivity contribution < 1.29 is 24.2 Å². The molecule has 1 aromatic rings. The quantitative estimate of drug-likeness (QED) is 0.431. The first kappa shape index (κ1) is 20.6. The van der Waals surface area contributed by atoms with E-state index >= 15 is 0 Å². The molecule has 0 aliphatic heterocycles. The predicted molar refractivity (Wildman–Crippen MR) is 93.4 cm³/mol. The Morgan fingerprint density at radius 2 is 1.83 bits per heavy atom. The van der Waals surface area contributed by atoms with Crippen LogP contribution in [0.15, 0.2) is 22.7 Å². The van der Waals surface area contributed by atoms with Gasteiger partial charge in [0.05, 0.1) is 0 Å². The summed E-state index contributed by atoms with van der Waals surface area (Å²) < 4.78 is 14.7. The summed E-state index contributed by atoms with van der Waals surface area (Å²) in [5.74, 6) is -4.78. The van der Waals surface area contributed by atoms with E-state index in [1.807, 2.05) is 0 Å². The molecule has 6 heteroatoms. The van der Waals surface area contributed by atoms with Crippen LogP contribution in [0.2, 0.25) is 0 Å². The minimum atomic E-state index is -1.57. The van der Waals surface area contributed by atoms with Gasteiger partial charge in [-0.15, -0.1) is 0 Å². The van der Waals surface area contributed by atoms with Crippen molar-refractivity contribution in [1.82, 2.24) is 0 Å². The lowest BCUT2D eigenvalue weighted by Gasteiger charge is -2.33. The average Bonchev–Trinajstić information content (AvgIpc) is 2.46. The Balaban J connectivity index is 3.11. The first-order valence-electron chi connectivity index (χ1n) is 8.11. The van der Waals surface area contributed by atoms with Crippen LogP contribution in [-0.2, 0) is 16.0 Å². The first-order chi connectivity index (χ1) is 11.2. The second-order valence-electron chi connectivity index (χ2n) is 6.49. The highest BCUT2D eigenvalue weighted by molar-refractivity contribution is 9.10. The average molecular weight is 403 g/mol.